The second-order valence-electron chi connectivity index (χ2n) is 6.58. The third-order valence-corrected chi connectivity index (χ3v) is 5.31. The van der Waals surface area contributed by atoms with E-state index in [0.29, 0.717) is 23.9 Å². The van der Waals surface area contributed by atoms with Crippen LogP contribution in [0, 0.1) is 17.8 Å². The molecule has 2 rings (SSSR count). The van der Waals surface area contributed by atoms with Crippen LogP contribution < -0.4 is 0 Å². The van der Waals surface area contributed by atoms with Gasteiger partial charge in [0.15, 0.2) is 0 Å². The molecular formula is C17H30O3. The molecule has 0 N–H and O–H groups in total. The second kappa shape index (κ2) is 7.06. The zero-order chi connectivity index (χ0) is 14.6. The molecule has 0 bridgehead atoms. The van der Waals surface area contributed by atoms with E-state index >= 15 is 0 Å². The van der Waals surface area contributed by atoms with Gasteiger partial charge in [0.1, 0.15) is 5.60 Å². The molecule has 2 heterocycles. The fourth-order valence-corrected chi connectivity index (χ4v) is 3.52. The maximum Gasteiger partial charge on any atom is 0.118 e. The Bertz CT molecular complexity index is 311. The van der Waals surface area contributed by atoms with Gasteiger partial charge in [-0.2, -0.15) is 0 Å². The van der Waals surface area contributed by atoms with Crippen molar-refractivity contribution in [3.05, 3.63) is 12.7 Å². The Morgan fingerprint density at radius 3 is 2.70 bits per heavy atom. The van der Waals surface area contributed by atoms with Crippen LogP contribution in [0.15, 0.2) is 12.7 Å². The van der Waals surface area contributed by atoms with Gasteiger partial charge in [0.05, 0.1) is 19.3 Å². The topological polar surface area (TPSA) is 31.0 Å². The van der Waals surface area contributed by atoms with Gasteiger partial charge < -0.3 is 14.2 Å². The lowest BCUT2D eigenvalue weighted by Crippen LogP contribution is -2.40. The van der Waals surface area contributed by atoms with Crippen LogP contribution in [0.5, 0.6) is 0 Å². The highest BCUT2D eigenvalue weighted by Crippen LogP contribution is 2.46. The lowest BCUT2D eigenvalue weighted by atomic mass is 9.74. The van der Waals surface area contributed by atoms with Gasteiger partial charge in [-0.15, -0.1) is 6.58 Å². The van der Waals surface area contributed by atoms with Gasteiger partial charge in [-0.05, 0) is 50.4 Å². The highest BCUT2D eigenvalue weighted by Gasteiger charge is 2.55. The summed E-state index contributed by atoms with van der Waals surface area (Å²) in [5.74, 6) is 1.91. The molecule has 0 aromatic heterocycles. The van der Waals surface area contributed by atoms with E-state index in [1.807, 2.05) is 0 Å². The number of ether oxygens (including phenoxy) is 3. The average Bonchev–Trinajstić information content (AvgIpc) is 3.23. The minimum absolute atomic E-state index is 0.0437. The standard InChI is InChI=1S/C17H30O3/c1-5-6-15(8-7-13(2)14(3)18-4)16-9-10-19-11-17(16)12-20-17/h5,13-16H,1,6-12H2,2-4H3/t13-,14?,15-,16?,17-/m1/s1. The van der Waals surface area contributed by atoms with Crippen molar-refractivity contribution in [3.8, 4) is 0 Å². The van der Waals surface area contributed by atoms with E-state index in [9.17, 15) is 0 Å². The molecule has 0 aromatic rings. The van der Waals surface area contributed by atoms with Gasteiger partial charge in [0.2, 0.25) is 0 Å². The molecule has 0 saturated carbocycles. The molecule has 116 valence electrons. The van der Waals surface area contributed by atoms with Crippen LogP contribution in [0.25, 0.3) is 0 Å². The van der Waals surface area contributed by atoms with Gasteiger partial charge in [0, 0.05) is 13.7 Å². The molecule has 2 aliphatic rings. The van der Waals surface area contributed by atoms with E-state index in [0.717, 1.165) is 32.7 Å². The number of allylic oxidation sites excluding steroid dienone is 1. The number of epoxide rings is 1. The summed E-state index contributed by atoms with van der Waals surface area (Å²) in [6.07, 6.45) is 7.06. The minimum Gasteiger partial charge on any atom is -0.381 e. The summed E-state index contributed by atoms with van der Waals surface area (Å²) in [5.41, 5.74) is 0.0437. The maximum absolute atomic E-state index is 5.77. The van der Waals surface area contributed by atoms with E-state index in [-0.39, 0.29) is 5.60 Å². The van der Waals surface area contributed by atoms with Crippen LogP contribution in [-0.4, -0.2) is 38.6 Å². The molecule has 20 heavy (non-hydrogen) atoms. The first kappa shape index (κ1) is 16.0. The molecule has 0 aliphatic carbocycles. The zero-order valence-electron chi connectivity index (χ0n) is 13.3. The van der Waals surface area contributed by atoms with Gasteiger partial charge in [-0.1, -0.05) is 13.0 Å². The summed E-state index contributed by atoms with van der Waals surface area (Å²) >= 11 is 0. The van der Waals surface area contributed by atoms with Crippen LogP contribution in [0.3, 0.4) is 0 Å². The van der Waals surface area contributed by atoms with Gasteiger partial charge in [0.25, 0.3) is 0 Å². The third kappa shape index (κ3) is 3.63. The Balaban J connectivity index is 1.91. The van der Waals surface area contributed by atoms with Gasteiger partial charge in [-0.25, -0.2) is 0 Å². The molecule has 1 spiro atoms. The smallest absolute Gasteiger partial charge is 0.118 e. The quantitative estimate of drug-likeness (QED) is 0.505. The highest BCUT2D eigenvalue weighted by atomic mass is 16.6. The predicted octanol–water partition coefficient (Wildman–Crippen LogP) is 3.44. The van der Waals surface area contributed by atoms with Crippen molar-refractivity contribution in [2.24, 2.45) is 17.8 Å². The molecular weight excluding hydrogens is 252 g/mol. The Labute approximate surface area is 123 Å². The molecule has 0 aromatic carbocycles. The fraction of sp³-hybridized carbons (Fsp3) is 0.882. The van der Waals surface area contributed by atoms with Crippen LogP contribution in [0.1, 0.15) is 39.5 Å². The molecule has 0 radical (unpaired) electrons. The molecule has 2 fully saturated rings. The first-order chi connectivity index (χ1) is 9.63. The molecule has 2 saturated heterocycles. The molecule has 3 nitrogen and oxygen atoms in total. The molecule has 2 unspecified atom stereocenters. The van der Waals surface area contributed by atoms with E-state index in [4.69, 9.17) is 14.2 Å². The van der Waals surface area contributed by atoms with E-state index in [2.05, 4.69) is 26.5 Å². The van der Waals surface area contributed by atoms with Gasteiger partial charge >= 0.3 is 0 Å². The van der Waals surface area contributed by atoms with Crippen molar-refractivity contribution in [3.63, 3.8) is 0 Å². The summed E-state index contributed by atoms with van der Waals surface area (Å²) < 4.78 is 16.8. The normalized spacial score (nSPS) is 33.6. The minimum atomic E-state index is 0.0437. The summed E-state index contributed by atoms with van der Waals surface area (Å²) in [5, 5.41) is 0. The highest BCUT2D eigenvalue weighted by molar-refractivity contribution is 5.03. The van der Waals surface area contributed by atoms with Crippen molar-refractivity contribution in [2.45, 2.75) is 51.2 Å². The Hall–Kier alpha value is -0.380. The monoisotopic (exact) mass is 282 g/mol. The lowest BCUT2D eigenvalue weighted by Gasteiger charge is -2.35. The van der Waals surface area contributed by atoms with Crippen molar-refractivity contribution < 1.29 is 14.2 Å². The van der Waals surface area contributed by atoms with Crippen LogP contribution in [0.4, 0.5) is 0 Å². The molecule has 3 heteroatoms. The predicted molar refractivity (Wildman–Crippen MR) is 80.8 cm³/mol. The van der Waals surface area contributed by atoms with Crippen LogP contribution >= 0.6 is 0 Å². The zero-order valence-corrected chi connectivity index (χ0v) is 13.3. The SMILES string of the molecule is C=CC[C@H](CC[C@@H](C)C(C)OC)C1CCOC[C@@]12CO2. The Morgan fingerprint density at radius 2 is 2.10 bits per heavy atom. The van der Waals surface area contributed by atoms with Crippen molar-refractivity contribution in [1.29, 1.82) is 0 Å². The number of hydrogen-bond donors (Lipinski definition) is 0. The number of hydrogen-bond acceptors (Lipinski definition) is 3. The summed E-state index contributed by atoms with van der Waals surface area (Å²) in [4.78, 5) is 0. The van der Waals surface area contributed by atoms with Crippen molar-refractivity contribution in [2.75, 3.05) is 26.9 Å². The Kier molecular flexibility index (Phi) is 5.65. The molecule has 0 amide bonds. The largest absolute Gasteiger partial charge is 0.381 e. The summed E-state index contributed by atoms with van der Waals surface area (Å²) in [6.45, 7) is 10.9. The van der Waals surface area contributed by atoms with Crippen molar-refractivity contribution >= 4 is 0 Å². The fourth-order valence-electron chi connectivity index (χ4n) is 3.52. The molecule has 5 atom stereocenters. The summed E-state index contributed by atoms with van der Waals surface area (Å²) in [7, 11) is 1.80. The average molecular weight is 282 g/mol. The number of methoxy groups -OCH3 is 1. The number of rotatable bonds is 8. The molecule has 2 aliphatic heterocycles. The van der Waals surface area contributed by atoms with Crippen LogP contribution in [0.2, 0.25) is 0 Å². The first-order valence-electron chi connectivity index (χ1n) is 7.98. The maximum atomic E-state index is 5.77. The van der Waals surface area contributed by atoms with E-state index in [1.165, 1.54) is 12.8 Å². The van der Waals surface area contributed by atoms with E-state index < -0.39 is 0 Å². The lowest BCUT2D eigenvalue weighted by molar-refractivity contribution is -0.0274. The summed E-state index contributed by atoms with van der Waals surface area (Å²) in [6, 6.07) is 0. The van der Waals surface area contributed by atoms with Crippen LogP contribution in [-0.2, 0) is 14.2 Å². The second-order valence-corrected chi connectivity index (χ2v) is 6.58. The third-order valence-electron chi connectivity index (χ3n) is 5.31. The Morgan fingerprint density at radius 1 is 1.35 bits per heavy atom. The first-order valence-corrected chi connectivity index (χ1v) is 7.98. The van der Waals surface area contributed by atoms with Gasteiger partial charge in [-0.3, -0.25) is 0 Å². The van der Waals surface area contributed by atoms with Crippen molar-refractivity contribution in [1.82, 2.24) is 0 Å². The van der Waals surface area contributed by atoms with E-state index in [1.54, 1.807) is 7.11 Å².